The van der Waals surface area contributed by atoms with Crippen LogP contribution in [-0.2, 0) is 0 Å². The molecule has 2 aromatic carbocycles. The molecule has 7 heteroatoms. The van der Waals surface area contributed by atoms with Crippen molar-refractivity contribution in [2.75, 3.05) is 11.9 Å². The number of hydrogen-bond acceptors (Lipinski definition) is 4. The number of halogens is 1. The van der Waals surface area contributed by atoms with E-state index in [2.05, 4.69) is 10.4 Å². The first kappa shape index (κ1) is 19.3. The van der Waals surface area contributed by atoms with Crippen LogP contribution in [-0.4, -0.2) is 28.1 Å². The van der Waals surface area contributed by atoms with Crippen molar-refractivity contribution >= 4 is 17.4 Å². The first-order valence-electron chi connectivity index (χ1n) is 8.88. The van der Waals surface area contributed by atoms with Crippen LogP contribution in [0.15, 0.2) is 54.7 Å². The Balaban J connectivity index is 1.86. The van der Waals surface area contributed by atoms with Crippen LogP contribution in [0.3, 0.4) is 0 Å². The lowest BCUT2D eigenvalue weighted by molar-refractivity contribution is 0.101. The Morgan fingerprint density at radius 2 is 1.79 bits per heavy atom. The van der Waals surface area contributed by atoms with Gasteiger partial charge in [0.15, 0.2) is 17.2 Å². The first-order chi connectivity index (χ1) is 13.5. The maximum absolute atomic E-state index is 13.2. The molecule has 1 N–H and O–H groups in total. The molecule has 0 saturated carbocycles. The highest BCUT2D eigenvalue weighted by Crippen LogP contribution is 2.22. The lowest BCUT2D eigenvalue weighted by Crippen LogP contribution is -2.14. The van der Waals surface area contributed by atoms with Crippen molar-refractivity contribution in [1.82, 2.24) is 9.78 Å². The van der Waals surface area contributed by atoms with Gasteiger partial charge in [-0.25, -0.2) is 9.07 Å². The van der Waals surface area contributed by atoms with Crippen molar-refractivity contribution < 1.29 is 18.7 Å². The summed E-state index contributed by atoms with van der Waals surface area (Å²) in [6.07, 6.45) is 2.37. The van der Waals surface area contributed by atoms with Gasteiger partial charge in [-0.2, -0.15) is 5.10 Å². The standard InChI is InChI=1S/C21H20FN3O3/c1-3-12-28-19-13-25(18-10-6-16(22)7-11-18)24-20(19)21(27)23-17-8-4-15(5-9-17)14(2)26/h4-11,13H,3,12H2,1-2H3,(H,23,27). The number of rotatable bonds is 7. The van der Waals surface area contributed by atoms with Crippen LogP contribution in [0.5, 0.6) is 5.75 Å². The van der Waals surface area contributed by atoms with Crippen molar-refractivity contribution in [3.8, 4) is 11.4 Å². The Morgan fingerprint density at radius 1 is 1.11 bits per heavy atom. The number of amides is 1. The average molecular weight is 381 g/mol. The van der Waals surface area contributed by atoms with E-state index in [0.29, 0.717) is 29.3 Å². The molecule has 0 saturated heterocycles. The second kappa shape index (κ2) is 8.47. The van der Waals surface area contributed by atoms with Crippen LogP contribution in [0.2, 0.25) is 0 Å². The number of nitrogens with zero attached hydrogens (tertiary/aromatic N) is 2. The average Bonchev–Trinajstić information content (AvgIpc) is 3.11. The molecule has 3 aromatic rings. The van der Waals surface area contributed by atoms with Gasteiger partial charge >= 0.3 is 0 Å². The van der Waals surface area contributed by atoms with Gasteiger partial charge in [-0.15, -0.1) is 0 Å². The van der Waals surface area contributed by atoms with Crippen LogP contribution in [0.4, 0.5) is 10.1 Å². The van der Waals surface area contributed by atoms with E-state index in [0.717, 1.165) is 6.42 Å². The molecule has 0 fully saturated rings. The van der Waals surface area contributed by atoms with Crippen molar-refractivity contribution in [1.29, 1.82) is 0 Å². The van der Waals surface area contributed by atoms with Gasteiger partial charge in [0, 0.05) is 11.3 Å². The molecule has 6 nitrogen and oxygen atoms in total. The van der Waals surface area contributed by atoms with E-state index in [4.69, 9.17) is 4.74 Å². The molecule has 0 unspecified atom stereocenters. The number of nitrogens with one attached hydrogen (secondary N) is 1. The summed E-state index contributed by atoms with van der Waals surface area (Å²) in [4.78, 5) is 24.1. The number of Topliss-reactive ketones (excluding diaryl/α,β-unsaturated/α-hetero) is 1. The van der Waals surface area contributed by atoms with E-state index in [1.54, 1.807) is 42.6 Å². The number of carbonyl (C=O) groups excluding carboxylic acids is 2. The molecule has 0 aliphatic heterocycles. The topological polar surface area (TPSA) is 73.2 Å². The summed E-state index contributed by atoms with van der Waals surface area (Å²) in [7, 11) is 0. The van der Waals surface area contributed by atoms with Gasteiger partial charge in [0.1, 0.15) is 5.82 Å². The third-order valence-corrected chi connectivity index (χ3v) is 4.00. The molecule has 1 heterocycles. The van der Waals surface area contributed by atoms with E-state index >= 15 is 0 Å². The summed E-state index contributed by atoms with van der Waals surface area (Å²) in [5.41, 5.74) is 1.82. The fraction of sp³-hybridized carbons (Fsp3) is 0.190. The number of carbonyl (C=O) groups is 2. The summed E-state index contributed by atoms with van der Waals surface area (Å²) >= 11 is 0. The van der Waals surface area contributed by atoms with E-state index in [1.807, 2.05) is 6.92 Å². The van der Waals surface area contributed by atoms with Gasteiger partial charge in [-0.1, -0.05) is 6.92 Å². The van der Waals surface area contributed by atoms with Crippen LogP contribution >= 0.6 is 0 Å². The van der Waals surface area contributed by atoms with Crippen molar-refractivity contribution in [3.05, 3.63) is 71.8 Å². The molecular formula is C21H20FN3O3. The maximum atomic E-state index is 13.2. The third-order valence-electron chi connectivity index (χ3n) is 4.00. The van der Waals surface area contributed by atoms with Crippen LogP contribution in [0.1, 0.15) is 41.1 Å². The van der Waals surface area contributed by atoms with Gasteiger partial charge in [0.05, 0.1) is 18.5 Å². The monoisotopic (exact) mass is 381 g/mol. The summed E-state index contributed by atoms with van der Waals surface area (Å²) < 4.78 is 20.3. The Bertz CT molecular complexity index is 979. The number of benzene rings is 2. The van der Waals surface area contributed by atoms with Gasteiger partial charge in [0.2, 0.25) is 0 Å². The van der Waals surface area contributed by atoms with Crippen molar-refractivity contribution in [3.63, 3.8) is 0 Å². The second-order valence-corrected chi connectivity index (χ2v) is 6.20. The molecule has 1 amide bonds. The normalized spacial score (nSPS) is 10.5. The minimum Gasteiger partial charge on any atom is -0.489 e. The fourth-order valence-electron chi connectivity index (χ4n) is 2.54. The fourth-order valence-corrected chi connectivity index (χ4v) is 2.54. The van der Waals surface area contributed by atoms with Crippen LogP contribution in [0, 0.1) is 5.82 Å². The number of ether oxygens (including phenoxy) is 1. The highest BCUT2D eigenvalue weighted by Gasteiger charge is 2.19. The molecule has 0 bridgehead atoms. The molecule has 0 aliphatic carbocycles. The molecule has 1 aromatic heterocycles. The number of hydrogen-bond donors (Lipinski definition) is 1. The zero-order valence-corrected chi connectivity index (χ0v) is 15.6. The summed E-state index contributed by atoms with van der Waals surface area (Å²) in [6, 6.07) is 12.4. The Morgan fingerprint density at radius 3 is 2.39 bits per heavy atom. The van der Waals surface area contributed by atoms with Crippen molar-refractivity contribution in [2.24, 2.45) is 0 Å². The van der Waals surface area contributed by atoms with Gasteiger partial charge in [-0.3, -0.25) is 9.59 Å². The molecule has 28 heavy (non-hydrogen) atoms. The Hall–Kier alpha value is -3.48. The van der Waals surface area contributed by atoms with E-state index < -0.39 is 5.91 Å². The highest BCUT2D eigenvalue weighted by molar-refractivity contribution is 6.05. The minimum atomic E-state index is -0.442. The maximum Gasteiger partial charge on any atom is 0.280 e. The van der Waals surface area contributed by atoms with Crippen LogP contribution in [0.25, 0.3) is 5.69 Å². The molecule has 0 radical (unpaired) electrons. The lowest BCUT2D eigenvalue weighted by atomic mass is 10.1. The summed E-state index contributed by atoms with van der Waals surface area (Å²) in [5, 5.41) is 7.06. The first-order valence-corrected chi connectivity index (χ1v) is 8.88. The number of ketones is 1. The molecule has 3 rings (SSSR count). The summed E-state index contributed by atoms with van der Waals surface area (Å²) in [5.74, 6) is -0.511. The largest absolute Gasteiger partial charge is 0.489 e. The van der Waals surface area contributed by atoms with E-state index in [1.165, 1.54) is 23.7 Å². The van der Waals surface area contributed by atoms with Crippen LogP contribution < -0.4 is 10.1 Å². The lowest BCUT2D eigenvalue weighted by Gasteiger charge is -2.06. The highest BCUT2D eigenvalue weighted by atomic mass is 19.1. The predicted octanol–water partition coefficient (Wildman–Crippen LogP) is 4.26. The molecule has 144 valence electrons. The molecular weight excluding hydrogens is 361 g/mol. The Labute approximate surface area is 161 Å². The zero-order chi connectivity index (χ0) is 20.1. The van der Waals surface area contributed by atoms with Crippen molar-refractivity contribution in [2.45, 2.75) is 20.3 Å². The zero-order valence-electron chi connectivity index (χ0n) is 15.6. The summed E-state index contributed by atoms with van der Waals surface area (Å²) in [6.45, 7) is 3.87. The second-order valence-electron chi connectivity index (χ2n) is 6.20. The number of anilines is 1. The van der Waals surface area contributed by atoms with Gasteiger partial charge in [-0.05, 0) is 61.9 Å². The molecule has 0 aliphatic rings. The predicted molar refractivity (Wildman–Crippen MR) is 104 cm³/mol. The SMILES string of the molecule is CCCOc1cn(-c2ccc(F)cc2)nc1C(=O)Nc1ccc(C(C)=O)cc1. The molecule has 0 atom stereocenters. The smallest absolute Gasteiger partial charge is 0.280 e. The van der Waals surface area contributed by atoms with E-state index in [9.17, 15) is 14.0 Å². The third kappa shape index (κ3) is 4.43. The number of aromatic nitrogens is 2. The van der Waals surface area contributed by atoms with E-state index in [-0.39, 0.29) is 17.3 Å². The molecule has 0 spiro atoms. The minimum absolute atomic E-state index is 0.0498. The Kier molecular flexibility index (Phi) is 5.84. The quantitative estimate of drug-likeness (QED) is 0.621. The van der Waals surface area contributed by atoms with Gasteiger partial charge in [0.25, 0.3) is 5.91 Å². The van der Waals surface area contributed by atoms with Gasteiger partial charge < -0.3 is 10.1 Å².